The summed E-state index contributed by atoms with van der Waals surface area (Å²) in [5, 5.41) is 10.2. The van der Waals surface area contributed by atoms with E-state index in [1.807, 2.05) is 18.2 Å². The SMILES string of the molecule is CC1(N)CCN(c2cnc3c(-c4cccc(N5CCN(Cc6ccc7c(c6F)C(=O)N(C6CCC(=O)NC6=O)C7=O)CC5)c4Cl)[nH]nc3n2)CC1. The lowest BCUT2D eigenvalue weighted by Gasteiger charge is -2.37. The molecule has 3 saturated heterocycles. The molecular weight excluding hydrogens is 679 g/mol. The van der Waals surface area contributed by atoms with E-state index in [1.54, 1.807) is 6.20 Å². The Hall–Kier alpha value is -4.99. The topological polar surface area (TPSA) is 174 Å². The van der Waals surface area contributed by atoms with Gasteiger partial charge in [-0.2, -0.15) is 5.10 Å². The number of carbonyl (C=O) groups is 4. The average molecular weight is 715 g/mol. The number of amides is 4. The van der Waals surface area contributed by atoms with Crippen molar-refractivity contribution in [3.63, 3.8) is 0 Å². The van der Waals surface area contributed by atoms with Crippen LogP contribution in [0.15, 0.2) is 36.5 Å². The second kappa shape index (κ2) is 12.7. The van der Waals surface area contributed by atoms with Gasteiger partial charge in [-0.1, -0.05) is 29.8 Å². The van der Waals surface area contributed by atoms with E-state index in [-0.39, 0.29) is 41.6 Å². The first-order chi connectivity index (χ1) is 24.5. The van der Waals surface area contributed by atoms with E-state index >= 15 is 4.39 Å². The second-order valence-electron chi connectivity index (χ2n) is 14.0. The average Bonchev–Trinajstić information content (AvgIpc) is 3.64. The lowest BCUT2D eigenvalue weighted by molar-refractivity contribution is -0.136. The van der Waals surface area contributed by atoms with Crippen LogP contribution in [-0.4, -0.2) is 104 Å². The van der Waals surface area contributed by atoms with Crippen LogP contribution in [0.5, 0.6) is 0 Å². The molecule has 6 heterocycles. The van der Waals surface area contributed by atoms with Crippen LogP contribution in [0.2, 0.25) is 5.02 Å². The number of piperidine rings is 2. The van der Waals surface area contributed by atoms with E-state index < -0.39 is 35.5 Å². The molecule has 2 aromatic heterocycles. The fourth-order valence-electron chi connectivity index (χ4n) is 7.40. The van der Waals surface area contributed by atoms with Gasteiger partial charge >= 0.3 is 0 Å². The van der Waals surface area contributed by atoms with E-state index in [2.05, 4.69) is 37.1 Å². The normalized spacial score (nSPS) is 21.1. The Morgan fingerprint density at radius 3 is 2.49 bits per heavy atom. The number of rotatable bonds is 6. The molecule has 51 heavy (non-hydrogen) atoms. The molecule has 0 radical (unpaired) electrons. The van der Waals surface area contributed by atoms with Crippen molar-refractivity contribution in [2.75, 3.05) is 49.1 Å². The number of anilines is 2. The Bertz CT molecular complexity index is 2100. The van der Waals surface area contributed by atoms with Gasteiger partial charge in [0.2, 0.25) is 17.5 Å². The molecule has 4 aromatic rings. The van der Waals surface area contributed by atoms with Gasteiger partial charge in [0.1, 0.15) is 23.2 Å². The summed E-state index contributed by atoms with van der Waals surface area (Å²) in [7, 11) is 0. The van der Waals surface area contributed by atoms with Gasteiger partial charge in [0.15, 0.2) is 0 Å². The first-order valence-electron chi connectivity index (χ1n) is 17.0. The van der Waals surface area contributed by atoms with Gasteiger partial charge in [-0.3, -0.25) is 39.4 Å². The van der Waals surface area contributed by atoms with Crippen molar-refractivity contribution in [3.8, 4) is 11.3 Å². The Balaban J connectivity index is 0.945. The molecule has 4 aliphatic heterocycles. The summed E-state index contributed by atoms with van der Waals surface area (Å²) in [6.45, 7) is 6.32. The molecular formula is C35H36ClFN10O4. The predicted molar refractivity (Wildman–Crippen MR) is 187 cm³/mol. The first kappa shape index (κ1) is 33.2. The number of fused-ring (bicyclic) bond motifs is 2. The monoisotopic (exact) mass is 714 g/mol. The van der Waals surface area contributed by atoms with Gasteiger partial charge in [0, 0.05) is 68.9 Å². The Morgan fingerprint density at radius 1 is 0.980 bits per heavy atom. The Kier molecular flexibility index (Phi) is 8.23. The van der Waals surface area contributed by atoms with E-state index in [9.17, 15) is 19.2 Å². The van der Waals surface area contributed by atoms with Crippen molar-refractivity contribution < 1.29 is 23.6 Å². The summed E-state index contributed by atoms with van der Waals surface area (Å²) < 4.78 is 15.8. The maximum atomic E-state index is 15.8. The molecule has 16 heteroatoms. The third kappa shape index (κ3) is 5.88. The smallest absolute Gasteiger partial charge is 0.265 e. The number of hydrogen-bond acceptors (Lipinski definition) is 11. The number of benzene rings is 2. The number of halogens is 2. The molecule has 0 saturated carbocycles. The first-order valence-corrected chi connectivity index (χ1v) is 17.4. The molecule has 1 unspecified atom stereocenters. The van der Waals surface area contributed by atoms with Gasteiger partial charge in [-0.05, 0) is 38.3 Å². The number of nitrogens with one attached hydrogen (secondary N) is 2. The predicted octanol–water partition coefficient (Wildman–Crippen LogP) is 2.85. The van der Waals surface area contributed by atoms with Crippen molar-refractivity contribution in [3.05, 3.63) is 64.1 Å². The number of carbonyl (C=O) groups excluding carboxylic acids is 4. The zero-order valence-corrected chi connectivity index (χ0v) is 28.7. The molecule has 264 valence electrons. The number of nitrogens with zero attached hydrogens (tertiary/aromatic N) is 7. The Labute approximate surface area is 297 Å². The van der Waals surface area contributed by atoms with Gasteiger partial charge < -0.3 is 15.5 Å². The zero-order chi connectivity index (χ0) is 35.6. The van der Waals surface area contributed by atoms with E-state index in [0.717, 1.165) is 47.9 Å². The van der Waals surface area contributed by atoms with E-state index in [0.29, 0.717) is 48.1 Å². The molecule has 3 fully saturated rings. The zero-order valence-electron chi connectivity index (χ0n) is 27.9. The Morgan fingerprint density at radius 2 is 1.75 bits per heavy atom. The fourth-order valence-corrected chi connectivity index (χ4v) is 7.74. The maximum Gasteiger partial charge on any atom is 0.265 e. The summed E-state index contributed by atoms with van der Waals surface area (Å²) in [6.07, 6.45) is 3.50. The van der Waals surface area contributed by atoms with E-state index in [4.69, 9.17) is 27.3 Å². The van der Waals surface area contributed by atoms with Crippen molar-refractivity contribution in [1.29, 1.82) is 0 Å². The highest BCUT2D eigenvalue weighted by molar-refractivity contribution is 6.36. The molecule has 4 N–H and O–H groups in total. The van der Waals surface area contributed by atoms with Gasteiger partial charge in [0.05, 0.1) is 33.7 Å². The van der Waals surface area contributed by atoms with Crippen molar-refractivity contribution >= 4 is 57.9 Å². The summed E-state index contributed by atoms with van der Waals surface area (Å²) in [5.74, 6) is -2.81. The molecule has 4 amide bonds. The number of nitrogens with two attached hydrogens (primary N) is 1. The molecule has 2 aromatic carbocycles. The quantitative estimate of drug-likeness (QED) is 0.251. The number of aromatic nitrogens is 4. The number of imide groups is 2. The van der Waals surface area contributed by atoms with Crippen molar-refractivity contribution in [2.24, 2.45) is 5.73 Å². The molecule has 1 atom stereocenters. The van der Waals surface area contributed by atoms with Crippen LogP contribution in [0.3, 0.4) is 0 Å². The number of hydrogen-bond donors (Lipinski definition) is 3. The van der Waals surface area contributed by atoms with Crippen LogP contribution in [0.25, 0.3) is 22.4 Å². The number of piperazine rings is 1. The molecule has 0 aliphatic carbocycles. The standard InChI is InChI=1S/C35H36ClFN10O4/c1-35(38)9-11-46(12-10-35)24-17-39-30-29(42-43-31(30)40-24)21-3-2-4-22(27(21)36)45-15-13-44(14-16-45)18-19-5-6-20-26(28(19)37)34(51)47(33(20)50)23-7-8-25(48)41-32(23)49/h2-6,17,23H,7-16,18,38H2,1H3,(H,40,42,43)(H,41,48,49). The third-order valence-corrected chi connectivity index (χ3v) is 10.9. The van der Waals surface area contributed by atoms with Crippen LogP contribution < -0.4 is 20.9 Å². The van der Waals surface area contributed by atoms with Crippen molar-refractivity contribution in [2.45, 2.75) is 50.7 Å². The third-order valence-electron chi connectivity index (χ3n) is 10.5. The maximum absolute atomic E-state index is 15.8. The molecule has 8 rings (SSSR count). The highest BCUT2D eigenvalue weighted by atomic mass is 35.5. The highest BCUT2D eigenvalue weighted by Crippen LogP contribution is 2.38. The van der Waals surface area contributed by atoms with Gasteiger partial charge in [-0.25, -0.2) is 14.4 Å². The van der Waals surface area contributed by atoms with Crippen molar-refractivity contribution in [1.82, 2.24) is 35.3 Å². The minimum atomic E-state index is -1.15. The summed E-state index contributed by atoms with van der Waals surface area (Å²) in [5.41, 5.74) is 9.42. The van der Waals surface area contributed by atoms with Gasteiger partial charge in [-0.15, -0.1) is 0 Å². The molecule has 0 spiro atoms. The lowest BCUT2D eigenvalue weighted by atomic mass is 9.91. The highest BCUT2D eigenvalue weighted by Gasteiger charge is 2.46. The second-order valence-corrected chi connectivity index (χ2v) is 14.3. The van der Waals surface area contributed by atoms with Crippen LogP contribution in [0.4, 0.5) is 15.9 Å². The molecule has 0 bridgehead atoms. The minimum absolute atomic E-state index is 0.00366. The molecule has 14 nitrogen and oxygen atoms in total. The number of aromatic amines is 1. The lowest BCUT2D eigenvalue weighted by Crippen LogP contribution is -2.54. The van der Waals surface area contributed by atoms with Crippen LogP contribution in [-0.2, 0) is 16.1 Å². The fraction of sp³-hybridized carbons (Fsp3) is 0.400. The minimum Gasteiger partial charge on any atom is -0.368 e. The number of H-pyrrole nitrogens is 1. The largest absolute Gasteiger partial charge is 0.368 e. The van der Waals surface area contributed by atoms with Crippen LogP contribution in [0.1, 0.15) is 58.9 Å². The van der Waals surface area contributed by atoms with Crippen LogP contribution in [0, 0.1) is 5.82 Å². The summed E-state index contributed by atoms with van der Waals surface area (Å²) in [4.78, 5) is 67.0. The summed E-state index contributed by atoms with van der Waals surface area (Å²) >= 11 is 7.04. The molecule has 4 aliphatic rings. The van der Waals surface area contributed by atoms with Crippen LogP contribution >= 0.6 is 11.6 Å². The van der Waals surface area contributed by atoms with Gasteiger partial charge in [0.25, 0.3) is 11.8 Å². The summed E-state index contributed by atoms with van der Waals surface area (Å²) in [6, 6.07) is 7.62. The van der Waals surface area contributed by atoms with E-state index in [1.165, 1.54) is 12.1 Å².